The van der Waals surface area contributed by atoms with Crippen molar-refractivity contribution in [3.8, 4) is 16.2 Å². The van der Waals surface area contributed by atoms with Gasteiger partial charge in [0.25, 0.3) is 5.91 Å². The van der Waals surface area contributed by atoms with Crippen LogP contribution in [0.4, 0.5) is 5.82 Å². The van der Waals surface area contributed by atoms with Gasteiger partial charge >= 0.3 is 0 Å². The molecule has 4 N–H and O–H groups in total. The third-order valence-corrected chi connectivity index (χ3v) is 6.62. The molecule has 1 saturated heterocycles. The molecule has 3 heterocycles. The first-order valence-corrected chi connectivity index (χ1v) is 11.8. The lowest BCUT2D eigenvalue weighted by Crippen LogP contribution is -2.48. The van der Waals surface area contributed by atoms with Crippen LogP contribution in [0.2, 0.25) is 0 Å². The molecule has 0 aliphatic carbocycles. The lowest BCUT2D eigenvalue weighted by molar-refractivity contribution is -0.143. The van der Waals surface area contributed by atoms with Gasteiger partial charge in [-0.2, -0.15) is 5.48 Å². The molecule has 0 saturated carbocycles. The predicted molar refractivity (Wildman–Crippen MR) is 126 cm³/mol. The van der Waals surface area contributed by atoms with Gasteiger partial charge in [-0.15, -0.1) is 11.3 Å². The summed E-state index contributed by atoms with van der Waals surface area (Å²) >= 11 is 1.43. The van der Waals surface area contributed by atoms with Gasteiger partial charge in [0.15, 0.2) is 5.75 Å². The number of likely N-dealkylation sites (tertiary alicyclic amines) is 1. The number of anilines is 1. The van der Waals surface area contributed by atoms with E-state index in [2.05, 4.69) is 15.6 Å². The molecule has 1 aromatic carbocycles. The molecular formula is C23H27N5O5S. The number of nitrogen functional groups attached to an aromatic ring is 1. The number of rotatable bonds is 7. The van der Waals surface area contributed by atoms with Crippen LogP contribution in [0.5, 0.6) is 5.75 Å². The number of nitrogens with two attached hydrogens (primary N) is 1. The molecule has 11 heteroatoms. The molecule has 180 valence electrons. The highest BCUT2D eigenvalue weighted by Gasteiger charge is 2.43. The Morgan fingerprint density at radius 3 is 2.65 bits per heavy atom. The number of thiazole rings is 1. The smallest absolute Gasteiger partial charge is 0.275 e. The van der Waals surface area contributed by atoms with Crippen molar-refractivity contribution in [2.75, 3.05) is 12.3 Å². The third-order valence-electron chi connectivity index (χ3n) is 5.73. The number of hydroxylamine groups is 1. The van der Waals surface area contributed by atoms with Gasteiger partial charge in [-0.3, -0.25) is 9.59 Å². The van der Waals surface area contributed by atoms with Crippen LogP contribution >= 0.6 is 11.3 Å². The number of aromatic nitrogens is 2. The number of carbonyl (C=O) groups is 2. The summed E-state index contributed by atoms with van der Waals surface area (Å²) in [5.74, 6) is -0.217. The maximum Gasteiger partial charge on any atom is 0.275 e. The number of nitrogens with one attached hydrogen (secondary N) is 1. The number of aryl methyl sites for hydroxylation is 1. The van der Waals surface area contributed by atoms with E-state index in [-0.39, 0.29) is 24.8 Å². The second-order valence-corrected chi connectivity index (χ2v) is 9.50. The zero-order valence-electron chi connectivity index (χ0n) is 19.1. The SMILES string of the molecule is Cc1cc([C@H](C(=O)N2C[C@H](O)C[C@H]2C(=O)NOc2ccc(-c3scnc3N)cc2)C(C)C)on1. The van der Waals surface area contributed by atoms with Gasteiger partial charge < -0.3 is 25.1 Å². The van der Waals surface area contributed by atoms with Gasteiger partial charge in [0, 0.05) is 19.0 Å². The summed E-state index contributed by atoms with van der Waals surface area (Å²) in [4.78, 5) is 38.0. The van der Waals surface area contributed by atoms with E-state index >= 15 is 0 Å². The molecular weight excluding hydrogens is 458 g/mol. The second-order valence-electron chi connectivity index (χ2n) is 8.65. The van der Waals surface area contributed by atoms with Gasteiger partial charge in [-0.1, -0.05) is 19.0 Å². The minimum absolute atomic E-state index is 0.0538. The van der Waals surface area contributed by atoms with Crippen molar-refractivity contribution < 1.29 is 24.1 Å². The molecule has 3 atom stereocenters. The van der Waals surface area contributed by atoms with Crippen molar-refractivity contribution in [2.45, 2.75) is 45.3 Å². The molecule has 0 bridgehead atoms. The summed E-state index contributed by atoms with van der Waals surface area (Å²) in [6.07, 6.45) is -0.696. The summed E-state index contributed by atoms with van der Waals surface area (Å²) < 4.78 is 5.34. The van der Waals surface area contributed by atoms with Crippen LogP contribution < -0.4 is 16.1 Å². The van der Waals surface area contributed by atoms with Crippen LogP contribution in [0.3, 0.4) is 0 Å². The summed E-state index contributed by atoms with van der Waals surface area (Å²) in [7, 11) is 0. The summed E-state index contributed by atoms with van der Waals surface area (Å²) in [5, 5.41) is 14.1. The Kier molecular flexibility index (Phi) is 6.85. The Morgan fingerprint density at radius 1 is 1.32 bits per heavy atom. The number of β-amino-alcohol motifs (C(OH)–C–C–N with tert-alkyl or cyclic N) is 1. The average molecular weight is 486 g/mol. The quantitative estimate of drug-likeness (QED) is 0.433. The van der Waals surface area contributed by atoms with Crippen molar-refractivity contribution in [3.05, 3.63) is 47.3 Å². The fourth-order valence-corrected chi connectivity index (χ4v) is 4.79. The molecule has 2 amide bonds. The lowest BCUT2D eigenvalue weighted by atomic mass is 9.91. The van der Waals surface area contributed by atoms with Crippen LogP contribution in [0, 0.1) is 12.8 Å². The van der Waals surface area contributed by atoms with Crippen molar-refractivity contribution >= 4 is 29.0 Å². The van der Waals surface area contributed by atoms with Crippen LogP contribution in [-0.2, 0) is 9.59 Å². The Balaban J connectivity index is 1.43. The van der Waals surface area contributed by atoms with E-state index in [1.807, 2.05) is 26.0 Å². The molecule has 1 fully saturated rings. The molecule has 10 nitrogen and oxygen atoms in total. The third kappa shape index (κ3) is 4.90. The molecule has 1 aliphatic heterocycles. The molecule has 0 radical (unpaired) electrons. The number of hydrogen-bond acceptors (Lipinski definition) is 9. The molecule has 1 aliphatic rings. The zero-order valence-corrected chi connectivity index (χ0v) is 19.9. The van der Waals surface area contributed by atoms with Gasteiger partial charge in [-0.05, 0) is 42.7 Å². The Bertz CT molecular complexity index is 1160. The highest BCUT2D eigenvalue weighted by atomic mass is 32.1. The molecule has 0 spiro atoms. The van der Waals surface area contributed by atoms with Crippen molar-refractivity contribution in [1.29, 1.82) is 0 Å². The first-order chi connectivity index (χ1) is 16.2. The predicted octanol–water partition coefficient (Wildman–Crippen LogP) is 2.50. The van der Waals surface area contributed by atoms with Gasteiger partial charge in [0.05, 0.1) is 22.2 Å². The van der Waals surface area contributed by atoms with Crippen LogP contribution in [0.25, 0.3) is 10.4 Å². The van der Waals surface area contributed by atoms with E-state index in [0.717, 1.165) is 10.4 Å². The fraction of sp³-hybridized carbons (Fsp3) is 0.391. The number of amides is 2. The van der Waals surface area contributed by atoms with Crippen molar-refractivity contribution in [3.63, 3.8) is 0 Å². The minimum Gasteiger partial charge on any atom is -0.391 e. The highest BCUT2D eigenvalue weighted by Crippen LogP contribution is 2.32. The number of aliphatic hydroxyl groups excluding tert-OH is 1. The van der Waals surface area contributed by atoms with Gasteiger partial charge in [0.1, 0.15) is 23.5 Å². The average Bonchev–Trinajstić information content (AvgIpc) is 3.52. The molecule has 0 unspecified atom stereocenters. The lowest BCUT2D eigenvalue weighted by Gasteiger charge is -2.28. The van der Waals surface area contributed by atoms with E-state index in [4.69, 9.17) is 15.1 Å². The first kappa shape index (κ1) is 23.7. The normalized spacial score (nSPS) is 18.8. The minimum atomic E-state index is -0.871. The zero-order chi connectivity index (χ0) is 24.4. The summed E-state index contributed by atoms with van der Waals surface area (Å²) in [6.45, 7) is 5.63. The van der Waals surface area contributed by atoms with Crippen LogP contribution in [0.15, 0.2) is 40.4 Å². The Morgan fingerprint density at radius 2 is 2.06 bits per heavy atom. The van der Waals surface area contributed by atoms with Gasteiger partial charge in [-0.25, -0.2) is 4.98 Å². The topological polar surface area (TPSA) is 144 Å². The summed E-state index contributed by atoms with van der Waals surface area (Å²) in [6, 6.07) is 7.87. The maximum atomic E-state index is 13.4. The molecule has 3 aromatic rings. The highest BCUT2D eigenvalue weighted by molar-refractivity contribution is 7.13. The van der Waals surface area contributed by atoms with E-state index in [0.29, 0.717) is 23.0 Å². The Hall–Kier alpha value is -3.44. The standard InChI is InChI=1S/C23H27N5O5S/c1-12(2)19(18-8-13(3)26-33-18)23(31)28-10-15(29)9-17(28)22(30)27-32-16-6-4-14(5-7-16)20-21(24)25-11-34-20/h4-8,11-12,15,17,19,29H,9-10,24H2,1-3H3,(H,27,30)/t15-,17+,19-/m1/s1. The monoisotopic (exact) mass is 485 g/mol. The molecule has 34 heavy (non-hydrogen) atoms. The molecule has 2 aromatic heterocycles. The molecule has 4 rings (SSSR count). The first-order valence-electron chi connectivity index (χ1n) is 10.9. The Labute approximate surface area is 200 Å². The summed E-state index contributed by atoms with van der Waals surface area (Å²) in [5.41, 5.74) is 11.5. The van der Waals surface area contributed by atoms with Crippen LogP contribution in [-0.4, -0.2) is 50.7 Å². The van der Waals surface area contributed by atoms with Crippen LogP contribution in [0.1, 0.15) is 37.6 Å². The second kappa shape index (κ2) is 9.82. The largest absolute Gasteiger partial charge is 0.391 e. The fourth-order valence-electron chi connectivity index (χ4n) is 4.07. The number of carbonyl (C=O) groups excluding carboxylic acids is 2. The number of hydrogen-bond donors (Lipinski definition) is 3. The van der Waals surface area contributed by atoms with E-state index in [9.17, 15) is 14.7 Å². The number of aliphatic hydroxyl groups is 1. The van der Waals surface area contributed by atoms with E-state index in [1.54, 1.807) is 30.6 Å². The van der Waals surface area contributed by atoms with E-state index < -0.39 is 24.0 Å². The van der Waals surface area contributed by atoms with Crippen molar-refractivity contribution in [1.82, 2.24) is 20.5 Å². The number of nitrogens with zero attached hydrogens (tertiary/aromatic N) is 3. The maximum absolute atomic E-state index is 13.4. The van der Waals surface area contributed by atoms with Crippen molar-refractivity contribution in [2.24, 2.45) is 5.92 Å². The number of benzene rings is 1. The van der Waals surface area contributed by atoms with Gasteiger partial charge in [0.2, 0.25) is 5.91 Å². The van der Waals surface area contributed by atoms with E-state index in [1.165, 1.54) is 16.2 Å².